The molecule has 1 heterocycles. The van der Waals surface area contributed by atoms with Gasteiger partial charge in [0.15, 0.2) is 6.29 Å². The van der Waals surface area contributed by atoms with Crippen molar-refractivity contribution in [2.45, 2.75) is 38.4 Å². The first-order valence-electron chi connectivity index (χ1n) is 11.5. The Bertz CT molecular complexity index is 1110. The Hall–Kier alpha value is -2.12. The third-order valence-electron chi connectivity index (χ3n) is 6.26. The normalized spacial score (nSPS) is 18.5. The molecule has 0 N–H and O–H groups in total. The predicted molar refractivity (Wildman–Crippen MR) is 127 cm³/mol. The molecule has 182 valence electrons. The van der Waals surface area contributed by atoms with E-state index < -0.39 is 16.7 Å². The molecule has 0 aromatic heterocycles. The van der Waals surface area contributed by atoms with Gasteiger partial charge in [0, 0.05) is 31.4 Å². The van der Waals surface area contributed by atoms with Crippen LogP contribution < -0.4 is 0 Å². The lowest BCUT2D eigenvalue weighted by atomic mass is 9.98. The summed E-state index contributed by atoms with van der Waals surface area (Å²) < 4.78 is 59.2. The molecule has 7 heteroatoms. The average molecular weight is 493 g/mol. The van der Waals surface area contributed by atoms with Crippen LogP contribution in [0.3, 0.4) is 0 Å². The number of aryl methyl sites for hydroxylation is 3. The Labute approximate surface area is 202 Å². The summed E-state index contributed by atoms with van der Waals surface area (Å²) in [6.45, 7) is 2.06. The van der Waals surface area contributed by atoms with Crippen molar-refractivity contribution in [1.29, 1.82) is 0 Å². The topological polar surface area (TPSA) is 27.7 Å². The molecule has 3 nitrogen and oxygen atoms in total. The molecule has 0 spiro atoms. The number of hydrogen-bond acceptors (Lipinski definition) is 3. The Morgan fingerprint density at radius 2 is 1.62 bits per heavy atom. The Kier molecular flexibility index (Phi) is 8.48. The fraction of sp³-hybridized carbons (Fsp3) is 0.407. The van der Waals surface area contributed by atoms with Crippen LogP contribution in [0.15, 0.2) is 42.5 Å². The van der Waals surface area contributed by atoms with E-state index in [4.69, 9.17) is 25.8 Å². The average Bonchev–Trinajstić information content (AvgIpc) is 2.85. The maximum absolute atomic E-state index is 15.1. The van der Waals surface area contributed by atoms with Crippen LogP contribution in [0.1, 0.15) is 29.5 Å². The number of ether oxygens (including phenoxy) is 3. The monoisotopic (exact) mass is 492 g/mol. The van der Waals surface area contributed by atoms with Gasteiger partial charge in [-0.2, -0.15) is 0 Å². The smallest absolute Gasteiger partial charge is 0.157 e. The maximum Gasteiger partial charge on any atom is 0.157 e. The molecular weight excluding hydrogens is 465 g/mol. The molecule has 3 aromatic carbocycles. The van der Waals surface area contributed by atoms with Gasteiger partial charge in [0.1, 0.15) is 22.5 Å². The lowest BCUT2D eigenvalue weighted by molar-refractivity contribution is -0.204. The van der Waals surface area contributed by atoms with Gasteiger partial charge in [0.25, 0.3) is 0 Å². The first kappa shape index (κ1) is 25.0. The lowest BCUT2D eigenvalue weighted by Gasteiger charge is -2.29. The van der Waals surface area contributed by atoms with Crippen molar-refractivity contribution >= 4 is 22.4 Å². The van der Waals surface area contributed by atoms with Crippen LogP contribution in [0.5, 0.6) is 0 Å². The molecule has 0 saturated carbocycles. The van der Waals surface area contributed by atoms with Crippen molar-refractivity contribution in [2.24, 2.45) is 5.92 Å². The van der Waals surface area contributed by atoms with E-state index in [-0.39, 0.29) is 12.1 Å². The minimum absolute atomic E-state index is 0.226. The van der Waals surface area contributed by atoms with Crippen LogP contribution in [-0.2, 0) is 33.5 Å². The van der Waals surface area contributed by atoms with E-state index in [1.165, 1.54) is 12.1 Å². The zero-order valence-electron chi connectivity index (χ0n) is 19.1. The Morgan fingerprint density at radius 3 is 2.32 bits per heavy atom. The van der Waals surface area contributed by atoms with E-state index in [9.17, 15) is 8.78 Å². The number of hydrogen-bond donors (Lipinski definition) is 0. The van der Waals surface area contributed by atoms with E-state index in [0.717, 1.165) is 30.2 Å². The van der Waals surface area contributed by atoms with E-state index in [2.05, 4.69) is 0 Å². The summed E-state index contributed by atoms with van der Waals surface area (Å²) in [6, 6.07) is 11.7. The quantitative estimate of drug-likeness (QED) is 0.313. The minimum atomic E-state index is -0.807. The number of rotatable bonds is 9. The molecule has 3 aromatic rings. The zero-order valence-corrected chi connectivity index (χ0v) is 19.8. The van der Waals surface area contributed by atoms with Crippen molar-refractivity contribution in [3.8, 4) is 0 Å². The molecule has 1 fully saturated rings. The maximum atomic E-state index is 15.1. The second-order valence-electron chi connectivity index (χ2n) is 8.75. The van der Waals surface area contributed by atoms with Crippen LogP contribution >= 0.6 is 11.6 Å². The van der Waals surface area contributed by atoms with Crippen molar-refractivity contribution in [3.63, 3.8) is 0 Å². The number of fused-ring (bicyclic) bond motifs is 1. The van der Waals surface area contributed by atoms with Gasteiger partial charge in [-0.05, 0) is 59.9 Å². The molecule has 1 saturated heterocycles. The van der Waals surface area contributed by atoms with Crippen LogP contribution in [-0.4, -0.2) is 33.2 Å². The molecule has 0 amide bonds. The summed E-state index contributed by atoms with van der Waals surface area (Å²) in [6.07, 6.45) is 2.83. The second-order valence-corrected chi connectivity index (χ2v) is 9.13. The van der Waals surface area contributed by atoms with E-state index >= 15 is 4.39 Å². The molecule has 0 radical (unpaired) electrons. The molecule has 1 aliphatic rings. The van der Waals surface area contributed by atoms with Gasteiger partial charge in [0.05, 0.1) is 13.2 Å². The van der Waals surface area contributed by atoms with Crippen LogP contribution in [0.4, 0.5) is 13.2 Å². The zero-order chi connectivity index (χ0) is 24.1. The summed E-state index contributed by atoms with van der Waals surface area (Å²) >= 11 is 5.53. The SMILES string of the molecule is COCCC1COC(CCc2ccc3c(F)c(CCc4cc(F)c(Cl)c(F)c4)ccc3c2)OC1. The van der Waals surface area contributed by atoms with E-state index in [1.807, 2.05) is 18.2 Å². The van der Waals surface area contributed by atoms with E-state index in [1.54, 1.807) is 19.2 Å². The molecular formula is C27H28ClF3O3. The molecule has 0 aliphatic carbocycles. The largest absolute Gasteiger partial charge is 0.385 e. The first-order valence-corrected chi connectivity index (χ1v) is 11.9. The molecule has 0 atom stereocenters. The third-order valence-corrected chi connectivity index (χ3v) is 6.62. The Balaban J connectivity index is 1.35. The highest BCUT2D eigenvalue weighted by Gasteiger charge is 2.22. The third kappa shape index (κ3) is 6.11. The van der Waals surface area contributed by atoms with Crippen LogP contribution in [0.2, 0.25) is 5.02 Å². The summed E-state index contributed by atoms with van der Waals surface area (Å²) in [4.78, 5) is 0. The standard InChI is InChI=1S/C27H28ClF3O3/c1-32-11-10-19-15-33-25(34-16-19)9-4-17-3-8-22-21(12-17)7-6-20(27(22)31)5-2-18-13-23(29)26(28)24(30)14-18/h3,6-8,12-14,19,25H,2,4-5,9-11,15-16H2,1H3. The van der Waals surface area contributed by atoms with Gasteiger partial charge in [-0.3, -0.25) is 0 Å². The van der Waals surface area contributed by atoms with Crippen molar-refractivity contribution in [2.75, 3.05) is 26.9 Å². The fourth-order valence-corrected chi connectivity index (χ4v) is 4.36. The van der Waals surface area contributed by atoms with Gasteiger partial charge < -0.3 is 14.2 Å². The highest BCUT2D eigenvalue weighted by atomic mass is 35.5. The second kappa shape index (κ2) is 11.5. The van der Waals surface area contributed by atoms with Crippen molar-refractivity contribution in [1.82, 2.24) is 0 Å². The van der Waals surface area contributed by atoms with Gasteiger partial charge >= 0.3 is 0 Å². The highest BCUT2D eigenvalue weighted by Crippen LogP contribution is 2.26. The van der Waals surface area contributed by atoms with Gasteiger partial charge in [-0.15, -0.1) is 0 Å². The summed E-state index contributed by atoms with van der Waals surface area (Å²) in [5.74, 6) is -1.55. The molecule has 4 rings (SSSR count). The molecule has 0 unspecified atom stereocenters. The van der Waals surface area contributed by atoms with Crippen molar-refractivity contribution in [3.05, 3.63) is 81.6 Å². The predicted octanol–water partition coefficient (Wildman–Crippen LogP) is 6.65. The van der Waals surface area contributed by atoms with E-state index in [0.29, 0.717) is 55.1 Å². The van der Waals surface area contributed by atoms with Crippen LogP contribution in [0.25, 0.3) is 10.8 Å². The lowest BCUT2D eigenvalue weighted by Crippen LogP contribution is -2.32. The summed E-state index contributed by atoms with van der Waals surface area (Å²) in [5.41, 5.74) is 2.02. The minimum Gasteiger partial charge on any atom is -0.385 e. The molecule has 0 bridgehead atoms. The van der Waals surface area contributed by atoms with Gasteiger partial charge in [-0.1, -0.05) is 41.9 Å². The Morgan fingerprint density at radius 1 is 0.882 bits per heavy atom. The van der Waals surface area contributed by atoms with Gasteiger partial charge in [-0.25, -0.2) is 13.2 Å². The number of benzene rings is 3. The fourth-order valence-electron chi connectivity index (χ4n) is 4.25. The van der Waals surface area contributed by atoms with Gasteiger partial charge in [0.2, 0.25) is 0 Å². The number of methoxy groups -OCH3 is 1. The van der Waals surface area contributed by atoms with Crippen LogP contribution in [0, 0.1) is 23.4 Å². The highest BCUT2D eigenvalue weighted by molar-refractivity contribution is 6.30. The van der Waals surface area contributed by atoms with Crippen molar-refractivity contribution < 1.29 is 27.4 Å². The molecule has 34 heavy (non-hydrogen) atoms. The summed E-state index contributed by atoms with van der Waals surface area (Å²) in [5, 5.41) is 0.817. The number of halogens is 4. The summed E-state index contributed by atoms with van der Waals surface area (Å²) in [7, 11) is 1.69. The molecule has 1 aliphatic heterocycles. The first-order chi connectivity index (χ1) is 16.4.